The third kappa shape index (κ3) is 16.3. The van der Waals surface area contributed by atoms with E-state index in [1.54, 1.807) is 57.6 Å². The number of halogens is 2. The highest BCUT2D eigenvalue weighted by Gasteiger charge is 2.21. The molecule has 2 aromatic heterocycles. The average molecular weight is 1030 g/mol. The molecule has 0 atom stereocenters. The minimum absolute atomic E-state index is 0.188. The molecule has 382 valence electrons. The van der Waals surface area contributed by atoms with Gasteiger partial charge >= 0.3 is 17.9 Å². The van der Waals surface area contributed by atoms with Crippen LogP contribution < -0.4 is 18.9 Å². The molecule has 0 spiro atoms. The lowest BCUT2D eigenvalue weighted by Crippen LogP contribution is -2.07. The largest absolute Gasteiger partial charge is 0.489 e. The van der Waals surface area contributed by atoms with Gasteiger partial charge in [-0.25, -0.2) is 0 Å². The smallest absolute Gasteiger partial charge is 0.310 e. The van der Waals surface area contributed by atoms with Crippen molar-refractivity contribution < 1.29 is 56.4 Å². The predicted molar refractivity (Wildman–Crippen MR) is 284 cm³/mol. The molecule has 0 saturated heterocycles. The highest BCUT2D eigenvalue weighted by Crippen LogP contribution is 2.41. The summed E-state index contributed by atoms with van der Waals surface area (Å²) < 4.78 is 49.6. The lowest BCUT2D eigenvalue weighted by molar-refractivity contribution is -0.143. The van der Waals surface area contributed by atoms with Crippen molar-refractivity contribution in [3.63, 3.8) is 0 Å². The van der Waals surface area contributed by atoms with E-state index in [-0.39, 0.29) is 37.2 Å². The van der Waals surface area contributed by atoms with Crippen LogP contribution in [-0.4, -0.2) is 44.3 Å². The number of hydrogen-bond donors (Lipinski definition) is 0. The first-order valence-electron chi connectivity index (χ1n) is 24.2. The highest BCUT2D eigenvalue weighted by molar-refractivity contribution is 6.34. The van der Waals surface area contributed by atoms with E-state index >= 15 is 0 Å². The van der Waals surface area contributed by atoms with E-state index in [9.17, 15) is 14.4 Å². The van der Waals surface area contributed by atoms with Gasteiger partial charge in [-0.05, 0) is 141 Å². The topological polar surface area (TPSA) is 142 Å². The van der Waals surface area contributed by atoms with Gasteiger partial charge in [0.15, 0.2) is 34.2 Å². The fraction of sp³-hybridized carbons (Fsp3) is 0.271. The predicted octanol–water partition coefficient (Wildman–Crippen LogP) is 14.9. The molecule has 14 heteroatoms. The van der Waals surface area contributed by atoms with Crippen LogP contribution in [0.25, 0.3) is 21.9 Å². The van der Waals surface area contributed by atoms with Crippen molar-refractivity contribution in [1.29, 1.82) is 0 Å². The van der Waals surface area contributed by atoms with Crippen LogP contribution in [0.3, 0.4) is 0 Å². The molecule has 0 saturated carbocycles. The molecule has 0 fully saturated rings. The molecule has 3 heterocycles. The molecule has 0 unspecified atom stereocenters. The fourth-order valence-electron chi connectivity index (χ4n) is 7.82. The molecule has 8 aromatic rings. The van der Waals surface area contributed by atoms with E-state index in [0.717, 1.165) is 61.9 Å². The van der Waals surface area contributed by atoms with Crippen molar-refractivity contribution in [2.24, 2.45) is 0 Å². The summed E-state index contributed by atoms with van der Waals surface area (Å²) in [5.74, 6) is 2.96. The van der Waals surface area contributed by atoms with Crippen molar-refractivity contribution in [3.05, 3.63) is 177 Å². The van der Waals surface area contributed by atoms with E-state index in [4.69, 9.17) is 65.2 Å². The molecule has 1 aliphatic heterocycles. The van der Waals surface area contributed by atoms with E-state index in [0.29, 0.717) is 83.0 Å². The first-order valence-corrected chi connectivity index (χ1v) is 24.9. The quantitative estimate of drug-likeness (QED) is 0.0671. The number of fused-ring (bicyclic) bond motifs is 3. The Kier molecular flexibility index (Phi) is 20.6. The van der Waals surface area contributed by atoms with Gasteiger partial charge in [0.2, 0.25) is 0 Å². The number of carbonyl (C=O) groups is 3. The Morgan fingerprint density at radius 2 is 1.01 bits per heavy atom. The molecule has 0 amide bonds. The zero-order valence-corrected chi connectivity index (χ0v) is 43.7. The van der Waals surface area contributed by atoms with Crippen LogP contribution in [0.4, 0.5) is 0 Å². The lowest BCUT2D eigenvalue weighted by Gasteiger charge is -2.13. The van der Waals surface area contributed by atoms with Gasteiger partial charge in [-0.1, -0.05) is 79.5 Å². The van der Waals surface area contributed by atoms with E-state index < -0.39 is 0 Å². The minimum atomic E-state index is -0.270. The molecular weight excluding hydrogens is 972 g/mol. The number of rotatable bonds is 16. The number of carbonyl (C=O) groups excluding carboxylic acids is 3. The second-order valence-electron chi connectivity index (χ2n) is 16.4. The molecular formula is C59H60Cl2O12. The summed E-state index contributed by atoms with van der Waals surface area (Å²) in [5, 5.41) is 2.78. The molecule has 0 radical (unpaired) electrons. The standard InChI is InChI=1S/C20H20O4.C19H18O4.C18H16Cl2O4.C2H6/c1-4-22-19(21)12-15-10-16-5-6-23-20(16)18(11-15)24-17-8-13(2)7-14(3)9-17;1-2-21-18(20)12-15-10-16-8-9-22-19(16)17(11-15)23-13-14-6-4-3-5-7-14;1-2-22-17(21)7-11-5-12-3-4-23-18(12)16(6-11)24-15-9-13(19)8-14(20)10-15;1-2/h5-11H,4,12H2,1-3H3;3-11H,2,12-13H2,1H3;5-6,8-10H,2-4,7H2,1H3;1-2H3. The molecule has 6 aromatic carbocycles. The zero-order valence-electron chi connectivity index (χ0n) is 42.1. The summed E-state index contributed by atoms with van der Waals surface area (Å²) in [7, 11) is 0. The van der Waals surface area contributed by atoms with Crippen LogP contribution in [0.5, 0.6) is 34.5 Å². The number of ether oxygens (including phenoxy) is 7. The van der Waals surface area contributed by atoms with Crippen molar-refractivity contribution in [1.82, 2.24) is 0 Å². The Morgan fingerprint density at radius 1 is 0.534 bits per heavy atom. The summed E-state index contributed by atoms with van der Waals surface area (Å²) in [6.45, 7) is 15.6. The maximum absolute atomic E-state index is 11.8. The van der Waals surface area contributed by atoms with Crippen LogP contribution in [0, 0.1) is 13.8 Å². The van der Waals surface area contributed by atoms with Gasteiger partial charge in [0.05, 0.1) is 58.2 Å². The van der Waals surface area contributed by atoms with E-state index in [2.05, 4.69) is 6.07 Å². The van der Waals surface area contributed by atoms with E-state index in [1.165, 1.54) is 0 Å². The number of esters is 3. The Labute approximate surface area is 436 Å². The summed E-state index contributed by atoms with van der Waals surface area (Å²) >= 11 is 12.0. The van der Waals surface area contributed by atoms with Gasteiger partial charge in [-0.3, -0.25) is 14.4 Å². The maximum Gasteiger partial charge on any atom is 0.310 e. The second-order valence-corrected chi connectivity index (χ2v) is 17.3. The Bertz CT molecular complexity index is 3060. The summed E-state index contributed by atoms with van der Waals surface area (Å²) in [6, 6.07) is 35.9. The maximum atomic E-state index is 11.8. The van der Waals surface area contributed by atoms with Crippen LogP contribution >= 0.6 is 23.2 Å². The SMILES string of the molecule is CC.CCOC(=O)Cc1cc(OCc2ccccc2)c2occc2c1.CCOC(=O)Cc1cc(Oc2cc(C)cc(C)c2)c2occc2c1.CCOC(=O)Cc1cc2c(c(Oc3cc(Cl)cc(Cl)c3)c1)OCC2. The number of hydrogen-bond acceptors (Lipinski definition) is 12. The molecule has 0 bridgehead atoms. The van der Waals surface area contributed by atoms with Gasteiger partial charge in [-0.2, -0.15) is 0 Å². The van der Waals surface area contributed by atoms with Crippen LogP contribution in [-0.2, 0) is 60.9 Å². The van der Waals surface area contributed by atoms with E-state index in [1.807, 2.05) is 113 Å². The highest BCUT2D eigenvalue weighted by atomic mass is 35.5. The van der Waals surface area contributed by atoms with Crippen molar-refractivity contribution in [2.75, 3.05) is 26.4 Å². The Morgan fingerprint density at radius 3 is 1.56 bits per heavy atom. The lowest BCUT2D eigenvalue weighted by atomic mass is 10.1. The molecule has 9 rings (SSSR count). The number of benzene rings is 6. The normalized spacial score (nSPS) is 11.1. The molecule has 73 heavy (non-hydrogen) atoms. The molecule has 0 N–H and O–H groups in total. The third-order valence-electron chi connectivity index (χ3n) is 10.6. The first-order chi connectivity index (χ1) is 35.4. The number of furan rings is 2. The average Bonchev–Trinajstić information content (AvgIpc) is 4.14. The van der Waals surface area contributed by atoms with Crippen LogP contribution in [0.2, 0.25) is 10.0 Å². The van der Waals surface area contributed by atoms with Crippen molar-refractivity contribution in [2.45, 2.75) is 80.8 Å². The van der Waals surface area contributed by atoms with Gasteiger partial charge in [0.1, 0.15) is 18.1 Å². The van der Waals surface area contributed by atoms with Gasteiger partial charge in [0.25, 0.3) is 0 Å². The summed E-state index contributed by atoms with van der Waals surface area (Å²) in [5.41, 5.74) is 8.20. The Balaban J connectivity index is 0.000000176. The monoisotopic (exact) mass is 1030 g/mol. The fourth-order valence-corrected chi connectivity index (χ4v) is 8.33. The molecule has 1 aliphatic rings. The zero-order chi connectivity index (χ0) is 52.3. The Hall–Kier alpha value is -7.41. The molecule has 0 aliphatic carbocycles. The number of aryl methyl sites for hydroxylation is 2. The summed E-state index contributed by atoms with van der Waals surface area (Å²) in [6.07, 6.45) is 4.63. The summed E-state index contributed by atoms with van der Waals surface area (Å²) in [4.78, 5) is 35.2. The van der Waals surface area contributed by atoms with Crippen molar-refractivity contribution in [3.8, 4) is 34.5 Å². The third-order valence-corrected chi connectivity index (χ3v) is 11.1. The minimum Gasteiger partial charge on any atom is -0.489 e. The second kappa shape index (κ2) is 27.4. The van der Waals surface area contributed by atoms with Gasteiger partial charge in [-0.15, -0.1) is 0 Å². The van der Waals surface area contributed by atoms with Gasteiger partial charge in [0, 0.05) is 32.8 Å². The van der Waals surface area contributed by atoms with Crippen LogP contribution in [0.15, 0.2) is 137 Å². The molecule has 12 nitrogen and oxygen atoms in total. The first kappa shape index (κ1) is 54.9. The van der Waals surface area contributed by atoms with Crippen molar-refractivity contribution >= 4 is 63.0 Å². The van der Waals surface area contributed by atoms with Gasteiger partial charge < -0.3 is 42.0 Å². The van der Waals surface area contributed by atoms with Crippen LogP contribution in [0.1, 0.15) is 73.6 Å².